The van der Waals surface area contributed by atoms with Crippen LogP contribution in [-0.4, -0.2) is 75.7 Å². The molecule has 0 bridgehead atoms. The van der Waals surface area contributed by atoms with Gasteiger partial charge in [-0.15, -0.1) is 0 Å². The molecule has 2 unspecified atom stereocenters. The van der Waals surface area contributed by atoms with Crippen molar-refractivity contribution in [3.63, 3.8) is 0 Å². The minimum Gasteiger partial charge on any atom is -0.487 e. The summed E-state index contributed by atoms with van der Waals surface area (Å²) in [4.78, 5) is 10.8. The van der Waals surface area contributed by atoms with Gasteiger partial charge in [0, 0.05) is 70.6 Å². The molecule has 3 aliphatic heterocycles. The summed E-state index contributed by atoms with van der Waals surface area (Å²) in [6.07, 6.45) is 14.8. The average Bonchev–Trinajstić information content (AvgIpc) is 4.10. The SMILES string of the molecule is Clc1ccc(C=CCN2CCc3cc(OCC4COC(Cn5ccnc5)(c5ccc(Cl)cc5Cl)O4)c(OC[C@@H]4CO[C@@](Cn5ccnc5)(c5ccc(Cl)cc5Cl)O4)cc3C2)cc1. The highest BCUT2D eigenvalue weighted by molar-refractivity contribution is 6.35. The van der Waals surface area contributed by atoms with Crippen molar-refractivity contribution in [1.82, 2.24) is 24.0 Å². The van der Waals surface area contributed by atoms with Crippen LogP contribution in [0.2, 0.25) is 25.1 Å². The van der Waals surface area contributed by atoms with E-state index < -0.39 is 23.8 Å². The first-order chi connectivity index (χ1) is 30.1. The normalized spacial score (nSPS) is 22.7. The standard InChI is InChI=1S/C46H42Cl5N5O6/c47-34-5-3-31(4-6-34)2-1-14-54-15-11-32-18-43(57-23-37-25-59-45(61-37,27-55-16-12-52-29-55)39-9-7-35(48)20-41(39)50)44(19-33(32)22-54)58-24-38-26-60-46(62-38,28-56-17-13-53-30-56)40-10-8-36(49)21-42(40)51/h1-10,12-13,16-21,29-30,37-38H,11,14-15,22-28H2/t37?,38-,45?,46-/m1/s1. The molecule has 3 aliphatic rings. The lowest BCUT2D eigenvalue weighted by molar-refractivity contribution is -0.189. The zero-order valence-electron chi connectivity index (χ0n) is 33.3. The molecule has 0 radical (unpaired) electrons. The minimum absolute atomic E-state index is 0.172. The summed E-state index contributed by atoms with van der Waals surface area (Å²) in [5.41, 5.74) is 4.76. The molecule has 62 heavy (non-hydrogen) atoms. The quantitative estimate of drug-likeness (QED) is 0.0998. The lowest BCUT2D eigenvalue weighted by Crippen LogP contribution is -2.34. The summed E-state index contributed by atoms with van der Waals surface area (Å²) in [5.74, 6) is -1.24. The monoisotopic (exact) mass is 935 g/mol. The van der Waals surface area contributed by atoms with Gasteiger partial charge in [-0.2, -0.15) is 0 Å². The average molecular weight is 938 g/mol. The maximum absolute atomic E-state index is 6.75. The van der Waals surface area contributed by atoms with Gasteiger partial charge in [-0.1, -0.05) is 94.4 Å². The predicted molar refractivity (Wildman–Crippen MR) is 239 cm³/mol. The summed E-state index contributed by atoms with van der Waals surface area (Å²) in [7, 11) is 0. The van der Waals surface area contributed by atoms with Gasteiger partial charge in [0.05, 0.1) is 49.0 Å². The number of hydrogen-bond acceptors (Lipinski definition) is 9. The molecule has 2 aromatic heterocycles. The molecular weight excluding hydrogens is 896 g/mol. The Morgan fingerprint density at radius 2 is 1.19 bits per heavy atom. The highest BCUT2D eigenvalue weighted by atomic mass is 35.5. The van der Waals surface area contributed by atoms with E-state index in [0.29, 0.717) is 60.8 Å². The first-order valence-corrected chi connectivity index (χ1v) is 22.0. The summed E-state index contributed by atoms with van der Waals surface area (Å²) in [6, 6.07) is 22.5. The molecule has 4 atom stereocenters. The van der Waals surface area contributed by atoms with Gasteiger partial charge in [-0.05, 0) is 71.6 Å². The molecule has 0 saturated carbocycles. The Hall–Kier alpha value is -4.11. The van der Waals surface area contributed by atoms with E-state index in [1.165, 1.54) is 5.56 Å². The minimum atomic E-state index is -1.21. The predicted octanol–water partition coefficient (Wildman–Crippen LogP) is 10.1. The number of halogens is 5. The zero-order valence-corrected chi connectivity index (χ0v) is 37.1. The molecule has 5 heterocycles. The van der Waals surface area contributed by atoms with Crippen molar-refractivity contribution in [2.75, 3.05) is 39.5 Å². The number of fused-ring (bicyclic) bond motifs is 1. The van der Waals surface area contributed by atoms with Gasteiger partial charge in [-0.3, -0.25) is 4.90 Å². The molecule has 2 saturated heterocycles. The van der Waals surface area contributed by atoms with E-state index in [1.807, 2.05) is 57.9 Å². The van der Waals surface area contributed by atoms with Gasteiger partial charge in [0.2, 0.25) is 11.6 Å². The second-order valence-electron chi connectivity index (χ2n) is 15.5. The first-order valence-electron chi connectivity index (χ1n) is 20.1. The third kappa shape index (κ3) is 9.83. The van der Waals surface area contributed by atoms with E-state index in [4.69, 9.17) is 86.4 Å². The Balaban J connectivity index is 0.945. The number of rotatable bonds is 15. The fourth-order valence-electron chi connectivity index (χ4n) is 8.03. The lowest BCUT2D eigenvalue weighted by atomic mass is 9.98. The van der Waals surface area contributed by atoms with Crippen LogP contribution in [0.5, 0.6) is 11.5 Å². The van der Waals surface area contributed by atoms with Crippen LogP contribution in [-0.2, 0) is 56.6 Å². The first kappa shape index (κ1) is 43.2. The van der Waals surface area contributed by atoms with Gasteiger partial charge in [0.15, 0.2) is 11.5 Å². The summed E-state index contributed by atoms with van der Waals surface area (Å²) >= 11 is 32.2. The lowest BCUT2D eigenvalue weighted by Gasteiger charge is -2.30. The fourth-order valence-corrected chi connectivity index (χ4v) is 9.26. The topological polar surface area (TPSA) is 94.3 Å². The maximum atomic E-state index is 6.75. The molecule has 6 aromatic rings. The Morgan fingerprint density at radius 3 is 1.71 bits per heavy atom. The van der Waals surface area contributed by atoms with Gasteiger partial charge >= 0.3 is 0 Å². The fraction of sp³-hybridized carbons (Fsp3) is 0.304. The van der Waals surface area contributed by atoms with Crippen molar-refractivity contribution in [2.45, 2.75) is 49.8 Å². The second kappa shape index (κ2) is 18.9. The molecule has 16 heteroatoms. The number of nitrogens with zero attached hydrogens (tertiary/aromatic N) is 5. The largest absolute Gasteiger partial charge is 0.487 e. The van der Waals surface area contributed by atoms with Crippen molar-refractivity contribution in [3.05, 3.63) is 169 Å². The van der Waals surface area contributed by atoms with Crippen molar-refractivity contribution >= 4 is 64.1 Å². The number of hydrogen-bond donors (Lipinski definition) is 0. The van der Waals surface area contributed by atoms with E-state index in [0.717, 1.165) is 37.2 Å². The highest BCUT2D eigenvalue weighted by Crippen LogP contribution is 2.43. The van der Waals surface area contributed by atoms with E-state index in [-0.39, 0.29) is 26.4 Å². The molecule has 2 fully saturated rings. The van der Waals surface area contributed by atoms with Crippen LogP contribution < -0.4 is 9.47 Å². The van der Waals surface area contributed by atoms with Gasteiger partial charge in [-0.25, -0.2) is 9.97 Å². The Kier molecular flexibility index (Phi) is 13.2. The molecule has 0 aliphatic carbocycles. The molecular formula is C46H42Cl5N5O6. The van der Waals surface area contributed by atoms with Crippen LogP contribution in [0.15, 0.2) is 116 Å². The van der Waals surface area contributed by atoms with Crippen molar-refractivity contribution in [3.8, 4) is 11.5 Å². The van der Waals surface area contributed by atoms with Crippen LogP contribution >= 0.6 is 58.0 Å². The molecule has 322 valence electrons. The Labute approximate surface area is 384 Å². The zero-order chi connectivity index (χ0) is 42.7. The van der Waals surface area contributed by atoms with Crippen molar-refractivity contribution in [2.24, 2.45) is 0 Å². The molecule has 9 rings (SSSR count). The van der Waals surface area contributed by atoms with Crippen molar-refractivity contribution < 1.29 is 28.4 Å². The van der Waals surface area contributed by atoms with Crippen LogP contribution in [0, 0.1) is 0 Å². The van der Waals surface area contributed by atoms with Crippen LogP contribution in [0.3, 0.4) is 0 Å². The van der Waals surface area contributed by atoms with E-state index in [9.17, 15) is 0 Å². The Bertz CT molecular complexity index is 2510. The van der Waals surface area contributed by atoms with E-state index in [2.05, 4.69) is 39.2 Å². The third-order valence-electron chi connectivity index (χ3n) is 11.1. The molecule has 4 aromatic carbocycles. The molecule has 0 N–H and O–H groups in total. The maximum Gasteiger partial charge on any atom is 0.215 e. The molecule has 11 nitrogen and oxygen atoms in total. The van der Waals surface area contributed by atoms with Gasteiger partial charge in [0.1, 0.15) is 25.4 Å². The second-order valence-corrected chi connectivity index (χ2v) is 17.6. The number of benzene rings is 4. The summed E-state index contributed by atoms with van der Waals surface area (Å²) in [5, 5.41) is 2.61. The summed E-state index contributed by atoms with van der Waals surface area (Å²) in [6.45, 7) is 3.90. The van der Waals surface area contributed by atoms with Gasteiger partial charge < -0.3 is 37.6 Å². The smallest absolute Gasteiger partial charge is 0.215 e. The Morgan fingerprint density at radius 1 is 0.661 bits per heavy atom. The van der Waals surface area contributed by atoms with Crippen molar-refractivity contribution in [1.29, 1.82) is 0 Å². The van der Waals surface area contributed by atoms with E-state index >= 15 is 0 Å². The molecule has 0 spiro atoms. The number of aromatic nitrogens is 4. The summed E-state index contributed by atoms with van der Waals surface area (Å²) < 4.78 is 43.4. The highest BCUT2D eigenvalue weighted by Gasteiger charge is 2.47. The van der Waals surface area contributed by atoms with Crippen LogP contribution in [0.4, 0.5) is 0 Å². The third-order valence-corrected chi connectivity index (χ3v) is 12.4. The number of ether oxygens (including phenoxy) is 6. The number of imidazole rings is 2. The van der Waals surface area contributed by atoms with Crippen LogP contribution in [0.25, 0.3) is 6.08 Å². The van der Waals surface area contributed by atoms with Crippen LogP contribution in [0.1, 0.15) is 27.8 Å². The molecule has 0 amide bonds. The van der Waals surface area contributed by atoms with E-state index in [1.54, 1.807) is 49.3 Å². The van der Waals surface area contributed by atoms with Gasteiger partial charge in [0.25, 0.3) is 0 Å².